The number of aromatic amines is 1. The van der Waals surface area contributed by atoms with Gasteiger partial charge in [0.25, 0.3) is 0 Å². The Morgan fingerprint density at radius 3 is 2.62 bits per heavy atom. The third kappa shape index (κ3) is 3.17. The molecule has 0 aliphatic rings. The highest BCUT2D eigenvalue weighted by atomic mass is 35.5. The number of H-pyrrole nitrogens is 1. The van der Waals surface area contributed by atoms with E-state index in [2.05, 4.69) is 31.0 Å². The Kier molecular flexibility index (Phi) is 4.63. The van der Waals surface area contributed by atoms with Gasteiger partial charge in [-0.2, -0.15) is 0 Å². The summed E-state index contributed by atoms with van der Waals surface area (Å²) in [5.41, 5.74) is 3.70. The van der Waals surface area contributed by atoms with Crippen molar-refractivity contribution in [2.24, 2.45) is 5.92 Å². The van der Waals surface area contributed by atoms with E-state index in [1.54, 1.807) is 12.3 Å². The SMILES string of the molecule is Cc1cc(C=O)ccc1OC(c1ccc2[nH]cc(Cl)c2c1)C(C)C. The van der Waals surface area contributed by atoms with Crippen molar-refractivity contribution < 1.29 is 9.53 Å². The summed E-state index contributed by atoms with van der Waals surface area (Å²) >= 11 is 6.24. The second-order valence-corrected chi connectivity index (χ2v) is 6.77. The van der Waals surface area contributed by atoms with Crippen LogP contribution >= 0.6 is 11.6 Å². The monoisotopic (exact) mass is 341 g/mol. The van der Waals surface area contributed by atoms with Gasteiger partial charge in [-0.3, -0.25) is 4.79 Å². The lowest BCUT2D eigenvalue weighted by Crippen LogP contribution is -2.14. The Labute approximate surface area is 146 Å². The fourth-order valence-electron chi connectivity index (χ4n) is 2.89. The quantitative estimate of drug-likeness (QED) is 0.603. The Morgan fingerprint density at radius 2 is 1.96 bits per heavy atom. The molecule has 0 saturated carbocycles. The van der Waals surface area contributed by atoms with Crippen molar-refractivity contribution in [1.82, 2.24) is 4.98 Å². The highest BCUT2D eigenvalue weighted by molar-refractivity contribution is 6.35. The van der Waals surface area contributed by atoms with Crippen molar-refractivity contribution in [1.29, 1.82) is 0 Å². The van der Waals surface area contributed by atoms with Crippen molar-refractivity contribution in [3.05, 3.63) is 64.3 Å². The predicted molar refractivity (Wildman–Crippen MR) is 98.1 cm³/mol. The van der Waals surface area contributed by atoms with E-state index in [-0.39, 0.29) is 12.0 Å². The van der Waals surface area contributed by atoms with Crippen LogP contribution in [0.1, 0.15) is 41.4 Å². The van der Waals surface area contributed by atoms with Gasteiger partial charge in [0.15, 0.2) is 0 Å². The van der Waals surface area contributed by atoms with Crippen molar-refractivity contribution in [3.63, 3.8) is 0 Å². The first-order valence-corrected chi connectivity index (χ1v) is 8.36. The van der Waals surface area contributed by atoms with Crippen LogP contribution in [0.25, 0.3) is 10.9 Å². The fourth-order valence-corrected chi connectivity index (χ4v) is 3.10. The van der Waals surface area contributed by atoms with Crippen molar-refractivity contribution in [2.75, 3.05) is 0 Å². The van der Waals surface area contributed by atoms with Gasteiger partial charge in [-0.1, -0.05) is 31.5 Å². The predicted octanol–water partition coefficient (Wildman–Crippen LogP) is 5.72. The Bertz CT molecular complexity index is 882. The Morgan fingerprint density at radius 1 is 1.17 bits per heavy atom. The molecule has 1 N–H and O–H groups in total. The average Bonchev–Trinajstić information content (AvgIpc) is 2.94. The smallest absolute Gasteiger partial charge is 0.150 e. The van der Waals surface area contributed by atoms with Crippen LogP contribution in [0.3, 0.4) is 0 Å². The van der Waals surface area contributed by atoms with Crippen LogP contribution < -0.4 is 4.74 Å². The summed E-state index contributed by atoms with van der Waals surface area (Å²) < 4.78 is 6.29. The van der Waals surface area contributed by atoms with Crippen LogP contribution in [0.5, 0.6) is 5.75 Å². The van der Waals surface area contributed by atoms with E-state index in [1.807, 2.05) is 25.1 Å². The number of carbonyl (C=O) groups is 1. The number of carbonyl (C=O) groups excluding carboxylic acids is 1. The molecule has 0 amide bonds. The first-order valence-electron chi connectivity index (χ1n) is 7.98. The van der Waals surface area contributed by atoms with Crippen LogP contribution in [0.4, 0.5) is 0 Å². The summed E-state index contributed by atoms with van der Waals surface area (Å²) in [6.07, 6.45) is 2.54. The number of halogens is 1. The van der Waals surface area contributed by atoms with E-state index >= 15 is 0 Å². The van der Waals surface area contributed by atoms with E-state index in [0.29, 0.717) is 10.6 Å². The number of ether oxygens (including phenoxy) is 1. The molecule has 0 bridgehead atoms. The topological polar surface area (TPSA) is 42.1 Å². The van der Waals surface area contributed by atoms with E-state index in [1.165, 1.54) is 0 Å². The number of benzene rings is 2. The van der Waals surface area contributed by atoms with Crippen LogP contribution in [-0.4, -0.2) is 11.3 Å². The Balaban J connectivity index is 1.97. The summed E-state index contributed by atoms with van der Waals surface area (Å²) in [4.78, 5) is 14.0. The largest absolute Gasteiger partial charge is 0.485 e. The molecule has 0 spiro atoms. The maximum atomic E-state index is 10.9. The molecule has 1 aromatic heterocycles. The standard InChI is InChI=1S/C20H20ClNO2/c1-12(2)20(24-19-7-4-14(11-23)8-13(19)3)15-5-6-18-16(9-15)17(21)10-22-18/h4-12,20,22H,1-3H3. The van der Waals surface area contributed by atoms with Gasteiger partial charge in [0, 0.05) is 22.7 Å². The number of aromatic nitrogens is 1. The zero-order valence-electron chi connectivity index (χ0n) is 14.0. The van der Waals surface area contributed by atoms with Crippen LogP contribution in [0.2, 0.25) is 5.02 Å². The molecule has 3 aromatic rings. The third-order valence-corrected chi connectivity index (χ3v) is 4.49. The maximum absolute atomic E-state index is 10.9. The molecule has 0 aliphatic carbocycles. The number of fused-ring (bicyclic) bond motifs is 1. The summed E-state index contributed by atoms with van der Waals surface area (Å²) in [6, 6.07) is 11.6. The van der Waals surface area contributed by atoms with Gasteiger partial charge in [0.1, 0.15) is 18.1 Å². The molecule has 3 nitrogen and oxygen atoms in total. The summed E-state index contributed by atoms with van der Waals surface area (Å²) in [5, 5.41) is 1.71. The second-order valence-electron chi connectivity index (χ2n) is 6.37. The van der Waals surface area contributed by atoms with E-state index in [4.69, 9.17) is 16.3 Å². The van der Waals surface area contributed by atoms with Gasteiger partial charge >= 0.3 is 0 Å². The molecule has 0 radical (unpaired) electrons. The zero-order chi connectivity index (χ0) is 17.3. The number of rotatable bonds is 5. The molecule has 4 heteroatoms. The number of aldehydes is 1. The van der Waals surface area contributed by atoms with Crippen molar-refractivity contribution in [3.8, 4) is 5.75 Å². The highest BCUT2D eigenvalue weighted by Gasteiger charge is 2.20. The molecule has 0 saturated heterocycles. The minimum absolute atomic E-state index is 0.0962. The minimum atomic E-state index is -0.0962. The molecule has 1 atom stereocenters. The van der Waals surface area contributed by atoms with Crippen molar-refractivity contribution in [2.45, 2.75) is 26.9 Å². The molecule has 24 heavy (non-hydrogen) atoms. The minimum Gasteiger partial charge on any atom is -0.485 e. The van der Waals surface area contributed by atoms with Gasteiger partial charge in [-0.05, 0) is 54.3 Å². The first kappa shape index (κ1) is 16.6. The fraction of sp³-hybridized carbons (Fsp3) is 0.250. The van der Waals surface area contributed by atoms with Gasteiger partial charge in [-0.25, -0.2) is 0 Å². The molecular formula is C20H20ClNO2. The normalized spacial score (nSPS) is 12.5. The molecule has 3 rings (SSSR count). The van der Waals surface area contributed by atoms with Crippen LogP contribution in [-0.2, 0) is 0 Å². The molecule has 124 valence electrons. The molecular weight excluding hydrogens is 322 g/mol. The third-order valence-electron chi connectivity index (χ3n) is 4.18. The molecule has 0 fully saturated rings. The lowest BCUT2D eigenvalue weighted by molar-refractivity contribution is 0.112. The van der Waals surface area contributed by atoms with E-state index < -0.39 is 0 Å². The lowest BCUT2D eigenvalue weighted by atomic mass is 9.97. The molecule has 2 aromatic carbocycles. The summed E-state index contributed by atoms with van der Waals surface area (Å²) in [7, 11) is 0. The highest BCUT2D eigenvalue weighted by Crippen LogP contribution is 2.33. The van der Waals surface area contributed by atoms with E-state index in [0.717, 1.165) is 34.1 Å². The van der Waals surface area contributed by atoms with E-state index in [9.17, 15) is 4.79 Å². The molecule has 1 heterocycles. The number of aryl methyl sites for hydroxylation is 1. The van der Waals surface area contributed by atoms with Crippen LogP contribution in [0.15, 0.2) is 42.6 Å². The summed E-state index contributed by atoms with van der Waals surface area (Å²) in [5.74, 6) is 1.07. The zero-order valence-corrected chi connectivity index (χ0v) is 14.7. The van der Waals surface area contributed by atoms with Crippen LogP contribution in [0, 0.1) is 12.8 Å². The number of hydrogen-bond acceptors (Lipinski definition) is 2. The number of hydrogen-bond donors (Lipinski definition) is 1. The first-order chi connectivity index (χ1) is 11.5. The summed E-state index contributed by atoms with van der Waals surface area (Å²) in [6.45, 7) is 6.21. The average molecular weight is 342 g/mol. The van der Waals surface area contributed by atoms with Gasteiger partial charge < -0.3 is 9.72 Å². The van der Waals surface area contributed by atoms with Gasteiger partial charge in [0.2, 0.25) is 0 Å². The maximum Gasteiger partial charge on any atom is 0.150 e. The lowest BCUT2D eigenvalue weighted by Gasteiger charge is -2.24. The molecule has 0 aliphatic heterocycles. The number of nitrogens with one attached hydrogen (secondary N) is 1. The second kappa shape index (κ2) is 6.70. The van der Waals surface area contributed by atoms with Gasteiger partial charge in [0.05, 0.1) is 5.02 Å². The Hall–Kier alpha value is -2.26. The van der Waals surface area contributed by atoms with Gasteiger partial charge in [-0.15, -0.1) is 0 Å². The van der Waals surface area contributed by atoms with Crippen molar-refractivity contribution >= 4 is 28.8 Å². The molecule has 1 unspecified atom stereocenters.